The lowest BCUT2D eigenvalue weighted by atomic mass is 10.0. The average molecular weight is 248 g/mol. The normalized spacial score (nSPS) is 13.7. The van der Waals surface area contributed by atoms with E-state index in [0.29, 0.717) is 5.69 Å². The smallest absolute Gasteiger partial charge is 0.290 e. The lowest BCUT2D eigenvalue weighted by Crippen LogP contribution is -1.84. The minimum Gasteiger partial charge on any atom is -0.351 e. The van der Waals surface area contributed by atoms with Crippen LogP contribution in [0.15, 0.2) is 28.8 Å². The monoisotopic (exact) mass is 247 g/mol. The van der Waals surface area contributed by atoms with E-state index in [9.17, 15) is 4.79 Å². The van der Waals surface area contributed by atoms with Crippen LogP contribution in [0.5, 0.6) is 0 Å². The summed E-state index contributed by atoms with van der Waals surface area (Å²) in [5.41, 5.74) is 4.40. The molecule has 0 radical (unpaired) electrons. The standard InChI is InChI=1S/C13H10ClNO2/c14-13(16)12-7-11(15-17-12)10-5-4-8-2-1-3-9(8)6-10/h4-7H,1-3H2. The van der Waals surface area contributed by atoms with Gasteiger partial charge in [-0.3, -0.25) is 4.79 Å². The van der Waals surface area contributed by atoms with E-state index in [0.717, 1.165) is 18.4 Å². The van der Waals surface area contributed by atoms with Gasteiger partial charge in [-0.1, -0.05) is 17.3 Å². The van der Waals surface area contributed by atoms with Gasteiger partial charge in [0, 0.05) is 11.6 Å². The Kier molecular flexibility index (Phi) is 2.48. The van der Waals surface area contributed by atoms with E-state index < -0.39 is 5.24 Å². The van der Waals surface area contributed by atoms with Crippen molar-refractivity contribution < 1.29 is 9.32 Å². The Balaban J connectivity index is 2.00. The number of aryl methyl sites for hydroxylation is 2. The maximum atomic E-state index is 10.9. The molecule has 0 aliphatic heterocycles. The molecular formula is C13H10ClNO2. The molecule has 3 rings (SSSR count). The van der Waals surface area contributed by atoms with Gasteiger partial charge in [0.05, 0.1) is 0 Å². The molecule has 0 saturated carbocycles. The number of benzene rings is 1. The third-order valence-corrected chi connectivity index (χ3v) is 3.28. The van der Waals surface area contributed by atoms with Gasteiger partial charge < -0.3 is 4.52 Å². The van der Waals surface area contributed by atoms with Crippen molar-refractivity contribution >= 4 is 16.8 Å². The van der Waals surface area contributed by atoms with Crippen molar-refractivity contribution in [2.45, 2.75) is 19.3 Å². The number of fused-ring (bicyclic) bond motifs is 1. The maximum Gasteiger partial charge on any atom is 0.290 e. The van der Waals surface area contributed by atoms with Gasteiger partial charge in [0.25, 0.3) is 5.24 Å². The fourth-order valence-electron chi connectivity index (χ4n) is 2.24. The quantitative estimate of drug-likeness (QED) is 0.766. The molecule has 1 aliphatic carbocycles. The summed E-state index contributed by atoms with van der Waals surface area (Å²) in [6, 6.07) is 7.81. The number of hydrogen-bond acceptors (Lipinski definition) is 3. The molecule has 0 bridgehead atoms. The summed E-state index contributed by atoms with van der Waals surface area (Å²) >= 11 is 5.33. The lowest BCUT2D eigenvalue weighted by molar-refractivity contribution is 0.104. The van der Waals surface area contributed by atoms with Gasteiger partial charge in [0.15, 0.2) is 0 Å². The van der Waals surface area contributed by atoms with Crippen molar-refractivity contribution in [3.05, 3.63) is 41.2 Å². The van der Waals surface area contributed by atoms with Crippen LogP contribution in [-0.4, -0.2) is 10.4 Å². The van der Waals surface area contributed by atoms with Gasteiger partial charge in [0.2, 0.25) is 5.76 Å². The minimum atomic E-state index is -0.620. The van der Waals surface area contributed by atoms with Crippen LogP contribution < -0.4 is 0 Å². The van der Waals surface area contributed by atoms with Crippen LogP contribution >= 0.6 is 11.6 Å². The van der Waals surface area contributed by atoms with Gasteiger partial charge in [-0.15, -0.1) is 0 Å². The van der Waals surface area contributed by atoms with Gasteiger partial charge >= 0.3 is 0 Å². The predicted molar refractivity (Wildman–Crippen MR) is 64.1 cm³/mol. The van der Waals surface area contributed by atoms with E-state index in [-0.39, 0.29) is 5.76 Å². The number of carbonyl (C=O) groups excluding carboxylic acids is 1. The van der Waals surface area contributed by atoms with E-state index in [1.165, 1.54) is 17.5 Å². The van der Waals surface area contributed by atoms with Crippen LogP contribution in [-0.2, 0) is 12.8 Å². The summed E-state index contributed by atoms with van der Waals surface area (Å²) in [4.78, 5) is 10.9. The van der Waals surface area contributed by atoms with Crippen LogP contribution in [0.25, 0.3) is 11.3 Å². The highest BCUT2D eigenvalue weighted by Crippen LogP contribution is 2.28. The molecule has 0 spiro atoms. The Hall–Kier alpha value is -1.61. The van der Waals surface area contributed by atoms with Crippen molar-refractivity contribution in [3.8, 4) is 11.3 Å². The average Bonchev–Trinajstić information content (AvgIpc) is 2.97. The highest BCUT2D eigenvalue weighted by atomic mass is 35.5. The van der Waals surface area contributed by atoms with E-state index in [1.807, 2.05) is 6.07 Å². The number of nitrogens with zero attached hydrogens (tertiary/aromatic N) is 1. The van der Waals surface area contributed by atoms with Crippen LogP contribution in [0.3, 0.4) is 0 Å². The van der Waals surface area contributed by atoms with Crippen molar-refractivity contribution in [2.24, 2.45) is 0 Å². The molecule has 1 aliphatic rings. The van der Waals surface area contributed by atoms with Crippen LogP contribution in [0.4, 0.5) is 0 Å². The zero-order valence-electron chi connectivity index (χ0n) is 9.07. The summed E-state index contributed by atoms with van der Waals surface area (Å²) in [7, 11) is 0. The SMILES string of the molecule is O=C(Cl)c1cc(-c2ccc3c(c2)CCC3)no1. The molecule has 3 nitrogen and oxygen atoms in total. The van der Waals surface area contributed by atoms with E-state index in [2.05, 4.69) is 17.3 Å². The number of halogens is 1. The molecular weight excluding hydrogens is 238 g/mol. The Morgan fingerprint density at radius 1 is 1.24 bits per heavy atom. The fraction of sp³-hybridized carbons (Fsp3) is 0.231. The lowest BCUT2D eigenvalue weighted by Gasteiger charge is -2.00. The molecule has 2 aromatic rings. The van der Waals surface area contributed by atoms with E-state index in [4.69, 9.17) is 16.1 Å². The molecule has 0 fully saturated rings. The predicted octanol–water partition coefficient (Wildman–Crippen LogP) is 3.21. The molecule has 86 valence electrons. The van der Waals surface area contributed by atoms with Gasteiger partial charge in [-0.2, -0.15) is 0 Å². The Morgan fingerprint density at radius 2 is 2.06 bits per heavy atom. The number of aromatic nitrogens is 1. The Bertz CT molecular complexity index is 589. The molecule has 1 aromatic heterocycles. The van der Waals surface area contributed by atoms with Crippen molar-refractivity contribution in [2.75, 3.05) is 0 Å². The number of hydrogen-bond donors (Lipinski definition) is 0. The highest BCUT2D eigenvalue weighted by Gasteiger charge is 2.15. The van der Waals surface area contributed by atoms with Crippen molar-refractivity contribution in [1.29, 1.82) is 0 Å². The summed E-state index contributed by atoms with van der Waals surface area (Å²) in [5.74, 6) is 0.0853. The topological polar surface area (TPSA) is 43.1 Å². The zero-order chi connectivity index (χ0) is 11.8. The molecule has 4 heteroatoms. The Morgan fingerprint density at radius 3 is 2.82 bits per heavy atom. The largest absolute Gasteiger partial charge is 0.351 e. The third-order valence-electron chi connectivity index (χ3n) is 3.10. The number of rotatable bonds is 2. The van der Waals surface area contributed by atoms with Crippen LogP contribution in [0.2, 0.25) is 0 Å². The number of carbonyl (C=O) groups is 1. The molecule has 1 heterocycles. The maximum absolute atomic E-state index is 10.9. The summed E-state index contributed by atoms with van der Waals surface area (Å²) < 4.78 is 4.87. The second-order valence-corrected chi connectivity index (χ2v) is 4.53. The summed E-state index contributed by atoms with van der Waals surface area (Å²) in [6.07, 6.45) is 3.48. The van der Waals surface area contributed by atoms with E-state index >= 15 is 0 Å². The van der Waals surface area contributed by atoms with Crippen molar-refractivity contribution in [1.82, 2.24) is 5.16 Å². The van der Waals surface area contributed by atoms with Gasteiger partial charge in [-0.05, 0) is 48.1 Å². The van der Waals surface area contributed by atoms with Crippen molar-refractivity contribution in [3.63, 3.8) is 0 Å². The fourth-order valence-corrected chi connectivity index (χ4v) is 2.32. The first-order valence-electron chi connectivity index (χ1n) is 5.53. The summed E-state index contributed by atoms with van der Waals surface area (Å²) in [5, 5.41) is 3.23. The third kappa shape index (κ3) is 1.87. The Labute approximate surface area is 103 Å². The molecule has 0 unspecified atom stereocenters. The first-order chi connectivity index (χ1) is 8.24. The second-order valence-electron chi connectivity index (χ2n) is 4.19. The molecule has 17 heavy (non-hydrogen) atoms. The van der Waals surface area contributed by atoms with Crippen LogP contribution in [0.1, 0.15) is 28.1 Å². The zero-order valence-corrected chi connectivity index (χ0v) is 9.83. The first kappa shape index (κ1) is 10.5. The van der Waals surface area contributed by atoms with E-state index in [1.54, 1.807) is 6.07 Å². The molecule has 0 N–H and O–H groups in total. The molecule has 0 amide bonds. The molecule has 0 saturated heterocycles. The summed E-state index contributed by atoms with van der Waals surface area (Å²) in [6.45, 7) is 0. The second kappa shape index (κ2) is 4.00. The van der Waals surface area contributed by atoms with Crippen LogP contribution in [0, 0.1) is 0 Å². The molecule has 1 aromatic carbocycles. The van der Waals surface area contributed by atoms with Gasteiger partial charge in [-0.25, -0.2) is 0 Å². The highest BCUT2D eigenvalue weighted by molar-refractivity contribution is 6.67. The first-order valence-corrected chi connectivity index (χ1v) is 5.90. The van der Waals surface area contributed by atoms with Gasteiger partial charge in [0.1, 0.15) is 5.69 Å². The minimum absolute atomic E-state index is 0.0853. The molecule has 0 atom stereocenters.